The zero-order valence-electron chi connectivity index (χ0n) is 16.5. The monoisotopic (exact) mass is 411 g/mol. The van der Waals surface area contributed by atoms with Crippen LogP contribution in [0, 0.1) is 5.92 Å². The lowest BCUT2D eigenvalue weighted by atomic mass is 9.87. The Morgan fingerprint density at radius 3 is 2.28 bits per heavy atom. The van der Waals surface area contributed by atoms with Crippen molar-refractivity contribution < 1.29 is 28.2 Å². The molecule has 0 radical (unpaired) electrons. The third kappa shape index (κ3) is 4.24. The number of hydrogen-bond acceptors (Lipinski definition) is 3. The van der Waals surface area contributed by atoms with E-state index < -0.39 is 23.2 Å². The van der Waals surface area contributed by atoms with Crippen LogP contribution in [0.5, 0.6) is 0 Å². The highest BCUT2D eigenvalue weighted by Gasteiger charge is 2.36. The van der Waals surface area contributed by atoms with Gasteiger partial charge in [0.1, 0.15) is 5.82 Å². The summed E-state index contributed by atoms with van der Waals surface area (Å²) in [4.78, 5) is 13.0. The number of benzene rings is 1. The zero-order valence-corrected chi connectivity index (χ0v) is 16.5. The number of nitrogens with zero attached hydrogens (tertiary/aromatic N) is 3. The summed E-state index contributed by atoms with van der Waals surface area (Å²) < 4.78 is 40.1. The molecule has 1 aromatic heterocycles. The van der Waals surface area contributed by atoms with Gasteiger partial charge in [-0.2, -0.15) is 18.3 Å². The molecule has 0 saturated heterocycles. The molecule has 1 amide bonds. The van der Waals surface area contributed by atoms with Crippen LogP contribution in [0.25, 0.3) is 0 Å². The van der Waals surface area contributed by atoms with Crippen molar-refractivity contribution in [2.45, 2.75) is 45.3 Å². The first kappa shape index (κ1) is 21.2. The van der Waals surface area contributed by atoms with E-state index in [-0.39, 0.29) is 25.5 Å². The Kier molecular flexibility index (Phi) is 5.38. The number of aliphatic hydroxyl groups is 1. The quantitative estimate of drug-likeness (QED) is 0.803. The van der Waals surface area contributed by atoms with Gasteiger partial charge in [0.15, 0.2) is 0 Å². The van der Waals surface area contributed by atoms with Crippen LogP contribution < -0.4 is 4.90 Å². The van der Waals surface area contributed by atoms with Gasteiger partial charge in [-0.15, -0.1) is 0 Å². The second-order valence-corrected chi connectivity index (χ2v) is 8.40. The van der Waals surface area contributed by atoms with Crippen molar-refractivity contribution in [3.8, 4) is 0 Å². The summed E-state index contributed by atoms with van der Waals surface area (Å²) in [7, 11) is 0. The fraction of sp³-hybridized carbons (Fsp3) is 0.500. The van der Waals surface area contributed by atoms with Crippen LogP contribution in [0.3, 0.4) is 0 Å². The molecule has 0 spiro atoms. The van der Waals surface area contributed by atoms with E-state index in [0.29, 0.717) is 29.2 Å². The molecule has 1 atom stereocenters. The summed E-state index contributed by atoms with van der Waals surface area (Å²) in [5.41, 5.74) is 0.874. The minimum Gasteiger partial charge on any atom is -0.465 e. The molecule has 0 fully saturated rings. The number of halogens is 3. The number of fused-ring (bicyclic) bond motifs is 1. The van der Waals surface area contributed by atoms with Crippen LogP contribution in [0.2, 0.25) is 0 Å². The van der Waals surface area contributed by atoms with Gasteiger partial charge < -0.3 is 10.2 Å². The topological polar surface area (TPSA) is 78.6 Å². The number of rotatable bonds is 3. The van der Waals surface area contributed by atoms with E-state index in [1.165, 1.54) is 17.0 Å². The number of carbonyl (C=O) groups is 1. The number of aliphatic hydroxyl groups excluding tert-OH is 1. The number of hydrogen-bond donors (Lipinski definition) is 2. The lowest BCUT2D eigenvalue weighted by Gasteiger charge is -2.31. The normalized spacial score (nSPS) is 17.3. The third-order valence-electron chi connectivity index (χ3n) is 5.01. The van der Waals surface area contributed by atoms with Crippen LogP contribution >= 0.6 is 0 Å². The van der Waals surface area contributed by atoms with Crippen molar-refractivity contribution in [2.75, 3.05) is 18.1 Å². The first-order chi connectivity index (χ1) is 13.4. The molecule has 6 nitrogen and oxygen atoms in total. The Hall–Kier alpha value is -2.55. The Balaban J connectivity index is 2.08. The minimum atomic E-state index is -4.41. The summed E-state index contributed by atoms with van der Waals surface area (Å²) in [6.45, 7) is 6.21. The van der Waals surface area contributed by atoms with Gasteiger partial charge in [0.25, 0.3) is 0 Å². The maximum Gasteiger partial charge on any atom is 0.416 e. The van der Waals surface area contributed by atoms with Gasteiger partial charge in [-0.3, -0.25) is 4.90 Å². The highest BCUT2D eigenvalue weighted by molar-refractivity contribution is 5.86. The molecule has 3 rings (SSSR count). The van der Waals surface area contributed by atoms with E-state index in [9.17, 15) is 28.2 Å². The smallest absolute Gasteiger partial charge is 0.416 e. The highest BCUT2D eigenvalue weighted by Crippen LogP contribution is 2.37. The van der Waals surface area contributed by atoms with Crippen LogP contribution in [0.1, 0.15) is 43.2 Å². The molecular weight excluding hydrogens is 387 g/mol. The summed E-state index contributed by atoms with van der Waals surface area (Å²) in [5.74, 6) is 0.150. The minimum absolute atomic E-state index is 0.140. The predicted molar refractivity (Wildman–Crippen MR) is 101 cm³/mol. The lowest BCUT2D eigenvalue weighted by molar-refractivity contribution is -0.137. The number of anilines is 1. The molecule has 1 unspecified atom stereocenters. The number of carboxylic acid groups (broad SMARTS) is 1. The van der Waals surface area contributed by atoms with Crippen molar-refractivity contribution >= 4 is 11.9 Å². The van der Waals surface area contributed by atoms with Gasteiger partial charge in [-0.25, -0.2) is 9.48 Å². The first-order valence-corrected chi connectivity index (χ1v) is 9.29. The van der Waals surface area contributed by atoms with Crippen molar-refractivity contribution in [1.82, 2.24) is 9.78 Å². The zero-order chi connectivity index (χ0) is 21.6. The number of amides is 1. The highest BCUT2D eigenvalue weighted by atomic mass is 19.4. The standard InChI is InChI=1S/C20H24F3N3O3/c1-19(2,3)16-15(8-12-4-6-14(7-5-12)20(21,22)23)17-25(18(28)29)9-13(11-27)10-26(17)24-16/h4-7,13,27H,8-11H2,1-3H3,(H,28,29). The van der Waals surface area contributed by atoms with E-state index in [2.05, 4.69) is 5.10 Å². The maximum absolute atomic E-state index is 12.8. The van der Waals surface area contributed by atoms with Crippen LogP contribution in [0.4, 0.5) is 23.8 Å². The molecule has 1 aromatic carbocycles. The van der Waals surface area contributed by atoms with Gasteiger partial charge in [0.05, 0.1) is 11.3 Å². The second-order valence-electron chi connectivity index (χ2n) is 8.40. The molecule has 9 heteroatoms. The van der Waals surface area contributed by atoms with E-state index in [1.54, 1.807) is 4.68 Å². The summed E-state index contributed by atoms with van der Waals surface area (Å²) >= 11 is 0. The predicted octanol–water partition coefficient (Wildman–Crippen LogP) is 3.90. The van der Waals surface area contributed by atoms with Crippen molar-refractivity contribution in [2.24, 2.45) is 5.92 Å². The van der Waals surface area contributed by atoms with Gasteiger partial charge in [-0.05, 0) is 17.7 Å². The average molecular weight is 411 g/mol. The molecule has 158 valence electrons. The molecule has 2 N–H and O–H groups in total. The Morgan fingerprint density at radius 1 is 1.17 bits per heavy atom. The maximum atomic E-state index is 12.8. The van der Waals surface area contributed by atoms with E-state index in [0.717, 1.165) is 12.1 Å². The van der Waals surface area contributed by atoms with E-state index >= 15 is 0 Å². The molecule has 0 saturated carbocycles. The van der Waals surface area contributed by atoms with Crippen LogP contribution in [0.15, 0.2) is 24.3 Å². The molecule has 1 aliphatic rings. The lowest BCUT2D eigenvalue weighted by Crippen LogP contribution is -2.43. The molecular formula is C20H24F3N3O3. The second kappa shape index (κ2) is 7.37. The molecule has 0 bridgehead atoms. The molecule has 2 heterocycles. The number of aromatic nitrogens is 2. The first-order valence-electron chi connectivity index (χ1n) is 9.29. The molecule has 1 aliphatic heterocycles. The molecule has 29 heavy (non-hydrogen) atoms. The fourth-order valence-corrected chi connectivity index (χ4v) is 3.63. The van der Waals surface area contributed by atoms with Crippen molar-refractivity contribution in [3.05, 3.63) is 46.6 Å². The number of alkyl halides is 3. The SMILES string of the molecule is CC(C)(C)c1nn2c(c1Cc1ccc(C(F)(F)F)cc1)N(C(=O)O)CC(CO)C2. The van der Waals surface area contributed by atoms with Gasteiger partial charge in [0.2, 0.25) is 0 Å². The molecule has 2 aromatic rings. The third-order valence-corrected chi connectivity index (χ3v) is 5.01. The summed E-state index contributed by atoms with van der Waals surface area (Å²) in [5, 5.41) is 23.9. The van der Waals surface area contributed by atoms with Gasteiger partial charge in [-0.1, -0.05) is 32.9 Å². The Bertz CT molecular complexity index is 899. The van der Waals surface area contributed by atoms with E-state index in [4.69, 9.17) is 0 Å². The Morgan fingerprint density at radius 2 is 1.79 bits per heavy atom. The fourth-order valence-electron chi connectivity index (χ4n) is 3.63. The largest absolute Gasteiger partial charge is 0.465 e. The van der Waals surface area contributed by atoms with Crippen molar-refractivity contribution in [3.63, 3.8) is 0 Å². The van der Waals surface area contributed by atoms with Gasteiger partial charge in [0, 0.05) is 43.0 Å². The van der Waals surface area contributed by atoms with Gasteiger partial charge >= 0.3 is 12.3 Å². The summed E-state index contributed by atoms with van der Waals surface area (Å²) in [6, 6.07) is 4.87. The van der Waals surface area contributed by atoms with E-state index in [1.807, 2.05) is 20.8 Å². The Labute approximate surface area is 166 Å². The van der Waals surface area contributed by atoms with Crippen LogP contribution in [-0.4, -0.2) is 39.2 Å². The average Bonchev–Trinajstić information content (AvgIpc) is 2.99. The summed E-state index contributed by atoms with van der Waals surface area (Å²) in [6.07, 6.45) is -5.31. The van der Waals surface area contributed by atoms with Crippen LogP contribution in [-0.2, 0) is 24.6 Å². The molecule has 0 aliphatic carbocycles. The van der Waals surface area contributed by atoms with Crippen molar-refractivity contribution in [1.29, 1.82) is 0 Å².